The van der Waals surface area contributed by atoms with Gasteiger partial charge in [-0.25, -0.2) is 4.79 Å². The third-order valence-electron chi connectivity index (χ3n) is 3.68. The number of aliphatic hydroxyl groups excluding tert-OH is 1. The molecule has 0 unspecified atom stereocenters. The highest BCUT2D eigenvalue weighted by atomic mass is 16.4. The van der Waals surface area contributed by atoms with Gasteiger partial charge >= 0.3 is 5.97 Å². The lowest BCUT2D eigenvalue weighted by molar-refractivity contribution is 0.0697. The molecule has 2 rings (SSSR count). The van der Waals surface area contributed by atoms with Gasteiger partial charge in [-0.15, -0.1) is 0 Å². The molecular weight excluding hydrogens is 280 g/mol. The van der Waals surface area contributed by atoms with E-state index in [0.717, 1.165) is 5.56 Å². The van der Waals surface area contributed by atoms with Gasteiger partial charge in [0.05, 0.1) is 12.2 Å². The first kappa shape index (κ1) is 16.0. The maximum absolute atomic E-state index is 11.1. The zero-order chi connectivity index (χ0) is 16.5. The molecule has 0 aliphatic heterocycles. The van der Waals surface area contributed by atoms with Gasteiger partial charge in [-0.1, -0.05) is 39.0 Å². The molecule has 0 atom stereocenters. The van der Waals surface area contributed by atoms with Crippen LogP contribution in [0.15, 0.2) is 36.4 Å². The van der Waals surface area contributed by atoms with Gasteiger partial charge in [-0.3, -0.25) is 0 Å². The number of hydrogen-bond donors (Lipinski definition) is 3. The van der Waals surface area contributed by atoms with Crippen LogP contribution in [0.1, 0.15) is 42.3 Å². The van der Waals surface area contributed by atoms with E-state index in [1.54, 1.807) is 18.2 Å². The Kier molecular flexibility index (Phi) is 4.24. The van der Waals surface area contributed by atoms with Gasteiger partial charge < -0.3 is 15.3 Å². The van der Waals surface area contributed by atoms with E-state index in [9.17, 15) is 15.0 Å². The summed E-state index contributed by atoms with van der Waals surface area (Å²) < 4.78 is 0. The maximum atomic E-state index is 11.1. The molecule has 2 aromatic rings. The summed E-state index contributed by atoms with van der Waals surface area (Å²) in [6.07, 6.45) is 0. The summed E-state index contributed by atoms with van der Waals surface area (Å²) in [4.78, 5) is 11.1. The topological polar surface area (TPSA) is 77.8 Å². The number of aromatic carboxylic acids is 1. The molecule has 0 fully saturated rings. The Bertz CT molecular complexity index is 712. The highest BCUT2D eigenvalue weighted by molar-refractivity contribution is 5.90. The van der Waals surface area contributed by atoms with Crippen LogP contribution in [0.4, 0.5) is 0 Å². The second kappa shape index (κ2) is 5.81. The Labute approximate surface area is 129 Å². The monoisotopic (exact) mass is 300 g/mol. The number of rotatable bonds is 3. The SMILES string of the molecule is CC(C)(C)c1ccc(-c2cc(C(=O)O)ccc2CO)c(O)c1. The predicted molar refractivity (Wildman–Crippen MR) is 85.1 cm³/mol. The van der Waals surface area contributed by atoms with E-state index in [1.165, 1.54) is 12.1 Å². The minimum atomic E-state index is -1.04. The molecule has 3 N–H and O–H groups in total. The molecule has 0 bridgehead atoms. The van der Waals surface area contributed by atoms with Gasteiger partial charge in [0.2, 0.25) is 0 Å². The summed E-state index contributed by atoms with van der Waals surface area (Å²) in [6, 6.07) is 9.83. The molecule has 0 aliphatic carbocycles. The summed E-state index contributed by atoms with van der Waals surface area (Å²) in [6.45, 7) is 5.92. The number of carbonyl (C=O) groups is 1. The van der Waals surface area contributed by atoms with Crippen molar-refractivity contribution < 1.29 is 20.1 Å². The smallest absolute Gasteiger partial charge is 0.335 e. The van der Waals surface area contributed by atoms with Gasteiger partial charge in [-0.2, -0.15) is 0 Å². The van der Waals surface area contributed by atoms with E-state index < -0.39 is 5.97 Å². The molecular formula is C18H20O4. The summed E-state index contributed by atoms with van der Waals surface area (Å²) in [5.41, 5.74) is 2.61. The largest absolute Gasteiger partial charge is 0.507 e. The molecule has 0 saturated heterocycles. The van der Waals surface area contributed by atoms with Crippen LogP contribution in [0.5, 0.6) is 5.75 Å². The number of carboxylic acid groups (broad SMARTS) is 1. The number of hydrogen-bond acceptors (Lipinski definition) is 3. The zero-order valence-corrected chi connectivity index (χ0v) is 12.9. The van der Waals surface area contributed by atoms with Crippen LogP contribution >= 0.6 is 0 Å². The Hall–Kier alpha value is -2.33. The van der Waals surface area contributed by atoms with Crippen molar-refractivity contribution in [1.29, 1.82) is 0 Å². The summed E-state index contributed by atoms with van der Waals surface area (Å²) in [5, 5.41) is 28.9. The molecule has 22 heavy (non-hydrogen) atoms. The first-order valence-corrected chi connectivity index (χ1v) is 7.05. The highest BCUT2D eigenvalue weighted by Crippen LogP contribution is 2.36. The van der Waals surface area contributed by atoms with E-state index in [1.807, 2.05) is 26.8 Å². The summed E-state index contributed by atoms with van der Waals surface area (Å²) in [5.74, 6) is -0.971. The number of phenols is 1. The van der Waals surface area contributed by atoms with Crippen molar-refractivity contribution in [2.24, 2.45) is 0 Å². The van der Waals surface area contributed by atoms with Crippen molar-refractivity contribution in [2.75, 3.05) is 0 Å². The minimum absolute atomic E-state index is 0.0738. The summed E-state index contributed by atoms with van der Waals surface area (Å²) >= 11 is 0. The van der Waals surface area contributed by atoms with E-state index in [4.69, 9.17) is 5.11 Å². The number of carboxylic acids is 1. The van der Waals surface area contributed by atoms with Crippen LogP contribution in [-0.4, -0.2) is 21.3 Å². The molecule has 4 heteroatoms. The van der Waals surface area contributed by atoms with Crippen LogP contribution in [0.3, 0.4) is 0 Å². The highest BCUT2D eigenvalue weighted by Gasteiger charge is 2.18. The fraction of sp³-hybridized carbons (Fsp3) is 0.278. The quantitative estimate of drug-likeness (QED) is 0.810. The Morgan fingerprint density at radius 3 is 2.23 bits per heavy atom. The maximum Gasteiger partial charge on any atom is 0.335 e. The van der Waals surface area contributed by atoms with Crippen molar-refractivity contribution >= 4 is 5.97 Å². The Morgan fingerprint density at radius 2 is 1.73 bits per heavy atom. The molecule has 0 amide bonds. The van der Waals surface area contributed by atoms with Crippen LogP contribution in [0.2, 0.25) is 0 Å². The average molecular weight is 300 g/mol. The first-order chi connectivity index (χ1) is 10.2. The van der Waals surface area contributed by atoms with E-state index in [0.29, 0.717) is 16.7 Å². The minimum Gasteiger partial charge on any atom is -0.507 e. The first-order valence-electron chi connectivity index (χ1n) is 7.05. The number of benzene rings is 2. The second-order valence-corrected chi connectivity index (χ2v) is 6.32. The second-order valence-electron chi connectivity index (χ2n) is 6.32. The van der Waals surface area contributed by atoms with Gasteiger partial charge in [0.25, 0.3) is 0 Å². The fourth-order valence-corrected chi connectivity index (χ4v) is 2.32. The van der Waals surface area contributed by atoms with Crippen LogP contribution in [-0.2, 0) is 12.0 Å². The molecule has 0 spiro atoms. The molecule has 0 saturated carbocycles. The lowest BCUT2D eigenvalue weighted by Gasteiger charge is -2.20. The fourth-order valence-electron chi connectivity index (χ4n) is 2.32. The molecule has 2 aromatic carbocycles. The Balaban J connectivity index is 2.60. The van der Waals surface area contributed by atoms with Gasteiger partial charge in [0.15, 0.2) is 0 Å². The lowest BCUT2D eigenvalue weighted by Crippen LogP contribution is -2.10. The lowest BCUT2D eigenvalue weighted by atomic mass is 9.85. The third kappa shape index (κ3) is 3.12. The Morgan fingerprint density at radius 1 is 1.05 bits per heavy atom. The number of phenolic OH excluding ortho intramolecular Hbond substituents is 1. The van der Waals surface area contributed by atoms with Crippen LogP contribution in [0, 0.1) is 0 Å². The van der Waals surface area contributed by atoms with Crippen molar-refractivity contribution in [3.8, 4) is 16.9 Å². The van der Waals surface area contributed by atoms with Gasteiger partial charge in [0.1, 0.15) is 5.75 Å². The van der Waals surface area contributed by atoms with Crippen LogP contribution in [0.25, 0.3) is 11.1 Å². The van der Waals surface area contributed by atoms with E-state index in [-0.39, 0.29) is 23.3 Å². The van der Waals surface area contributed by atoms with E-state index in [2.05, 4.69) is 0 Å². The third-order valence-corrected chi connectivity index (χ3v) is 3.68. The predicted octanol–water partition coefficient (Wildman–Crippen LogP) is 3.55. The number of aromatic hydroxyl groups is 1. The normalized spacial score (nSPS) is 11.5. The standard InChI is InChI=1S/C18H20O4/c1-18(2,3)13-6-7-14(16(20)9-13)15-8-11(17(21)22)4-5-12(15)10-19/h4-9,19-20H,10H2,1-3H3,(H,21,22). The van der Waals surface area contributed by atoms with E-state index >= 15 is 0 Å². The van der Waals surface area contributed by atoms with Gasteiger partial charge in [0, 0.05) is 5.56 Å². The molecule has 0 aromatic heterocycles. The molecule has 0 heterocycles. The molecule has 0 radical (unpaired) electrons. The zero-order valence-electron chi connectivity index (χ0n) is 12.9. The average Bonchev–Trinajstić information content (AvgIpc) is 2.45. The van der Waals surface area contributed by atoms with Crippen molar-refractivity contribution in [1.82, 2.24) is 0 Å². The van der Waals surface area contributed by atoms with Crippen molar-refractivity contribution in [2.45, 2.75) is 32.8 Å². The molecule has 4 nitrogen and oxygen atoms in total. The van der Waals surface area contributed by atoms with Crippen molar-refractivity contribution in [3.63, 3.8) is 0 Å². The van der Waals surface area contributed by atoms with Crippen molar-refractivity contribution in [3.05, 3.63) is 53.1 Å². The van der Waals surface area contributed by atoms with Gasteiger partial charge in [-0.05, 0) is 40.3 Å². The van der Waals surface area contributed by atoms with Crippen LogP contribution < -0.4 is 0 Å². The molecule has 116 valence electrons. The summed E-state index contributed by atoms with van der Waals surface area (Å²) in [7, 11) is 0. The molecule has 0 aliphatic rings. The number of aliphatic hydroxyl groups is 1.